The van der Waals surface area contributed by atoms with Crippen molar-refractivity contribution in [3.63, 3.8) is 0 Å². The van der Waals surface area contributed by atoms with E-state index < -0.39 is 4.92 Å². The lowest BCUT2D eigenvalue weighted by Gasteiger charge is -2.05. The molecule has 0 spiro atoms. The van der Waals surface area contributed by atoms with Gasteiger partial charge < -0.3 is 13.7 Å². The van der Waals surface area contributed by atoms with Gasteiger partial charge in [-0.2, -0.15) is 0 Å². The van der Waals surface area contributed by atoms with Gasteiger partial charge in [0.05, 0.1) is 4.92 Å². The SMILES string of the molecule is Cc1cc(OCc2ccc(/C=C/C(=O)c3cccc(-n4cccc4)c3)o2)ccc1[N+](=O)[O-]. The number of benzene rings is 2. The van der Waals surface area contributed by atoms with E-state index in [1.807, 2.05) is 47.3 Å². The van der Waals surface area contributed by atoms with Crippen LogP contribution in [0.5, 0.6) is 5.75 Å². The van der Waals surface area contributed by atoms with Crippen LogP contribution in [0.2, 0.25) is 0 Å². The molecule has 0 radical (unpaired) electrons. The van der Waals surface area contributed by atoms with E-state index in [2.05, 4.69) is 0 Å². The highest BCUT2D eigenvalue weighted by atomic mass is 16.6. The first-order valence-electron chi connectivity index (χ1n) is 9.92. The van der Waals surface area contributed by atoms with Gasteiger partial charge in [0.2, 0.25) is 0 Å². The molecule has 0 atom stereocenters. The average Bonchev–Trinajstić information content (AvgIpc) is 3.48. The van der Waals surface area contributed by atoms with Gasteiger partial charge in [0.15, 0.2) is 5.78 Å². The summed E-state index contributed by atoms with van der Waals surface area (Å²) < 4.78 is 13.3. The Bertz CT molecular complexity index is 1290. The van der Waals surface area contributed by atoms with Crippen LogP contribution < -0.4 is 4.74 Å². The molecule has 32 heavy (non-hydrogen) atoms. The van der Waals surface area contributed by atoms with Gasteiger partial charge in [0.25, 0.3) is 5.69 Å². The van der Waals surface area contributed by atoms with Crippen LogP contribution in [0.3, 0.4) is 0 Å². The smallest absolute Gasteiger partial charge is 0.272 e. The minimum atomic E-state index is -0.428. The Balaban J connectivity index is 1.38. The van der Waals surface area contributed by atoms with Crippen molar-refractivity contribution in [2.24, 2.45) is 0 Å². The standard InChI is InChI=1S/C25H20N2O5/c1-18-15-22(9-11-24(18)27(29)30)31-17-23-8-7-21(32-23)10-12-25(28)19-5-4-6-20(16-19)26-13-2-3-14-26/h2-16H,17H2,1H3/b12-10+. The summed E-state index contributed by atoms with van der Waals surface area (Å²) in [5.41, 5.74) is 2.06. The van der Waals surface area contributed by atoms with E-state index in [0.717, 1.165) is 5.69 Å². The van der Waals surface area contributed by atoms with Crippen molar-refractivity contribution in [2.45, 2.75) is 13.5 Å². The first kappa shape index (κ1) is 20.9. The fourth-order valence-corrected chi connectivity index (χ4v) is 3.22. The number of nitrogens with zero attached hydrogens (tertiary/aromatic N) is 2. The summed E-state index contributed by atoms with van der Waals surface area (Å²) in [6.45, 7) is 1.82. The quantitative estimate of drug-likeness (QED) is 0.154. The van der Waals surface area contributed by atoms with Crippen LogP contribution in [-0.2, 0) is 6.61 Å². The monoisotopic (exact) mass is 428 g/mol. The number of aromatic nitrogens is 1. The number of aryl methyl sites for hydroxylation is 1. The Labute approximate surface area is 184 Å². The number of allylic oxidation sites excluding steroid dienone is 1. The average molecular weight is 428 g/mol. The molecule has 2 aromatic carbocycles. The van der Waals surface area contributed by atoms with Crippen molar-refractivity contribution in [2.75, 3.05) is 0 Å². The third kappa shape index (κ3) is 4.84. The maximum absolute atomic E-state index is 12.6. The summed E-state index contributed by atoms with van der Waals surface area (Å²) in [4.78, 5) is 23.0. The summed E-state index contributed by atoms with van der Waals surface area (Å²) in [5.74, 6) is 1.48. The van der Waals surface area contributed by atoms with Crippen LogP contribution in [0.25, 0.3) is 11.8 Å². The van der Waals surface area contributed by atoms with Crippen LogP contribution in [0, 0.1) is 17.0 Å². The highest BCUT2D eigenvalue weighted by molar-refractivity contribution is 6.07. The third-order valence-corrected chi connectivity index (χ3v) is 4.86. The molecule has 0 aliphatic rings. The second-order valence-corrected chi connectivity index (χ2v) is 7.14. The van der Waals surface area contributed by atoms with Crippen molar-refractivity contribution in [1.29, 1.82) is 0 Å². The molecule has 0 saturated carbocycles. The van der Waals surface area contributed by atoms with Gasteiger partial charge in [-0.1, -0.05) is 12.1 Å². The molecule has 2 heterocycles. The van der Waals surface area contributed by atoms with Crippen molar-refractivity contribution in [1.82, 2.24) is 4.57 Å². The molecule has 0 amide bonds. The van der Waals surface area contributed by atoms with Crippen molar-refractivity contribution in [3.05, 3.63) is 118 Å². The first-order valence-corrected chi connectivity index (χ1v) is 9.92. The number of nitro benzene ring substituents is 1. The molecule has 0 saturated heterocycles. The lowest BCUT2D eigenvalue weighted by atomic mass is 10.1. The highest BCUT2D eigenvalue weighted by Crippen LogP contribution is 2.24. The highest BCUT2D eigenvalue weighted by Gasteiger charge is 2.11. The minimum absolute atomic E-state index is 0.0475. The van der Waals surface area contributed by atoms with Gasteiger partial charge in [-0.15, -0.1) is 0 Å². The Kier molecular flexibility index (Phi) is 5.98. The molecule has 7 heteroatoms. The van der Waals surface area contributed by atoms with E-state index in [-0.39, 0.29) is 18.1 Å². The van der Waals surface area contributed by atoms with E-state index in [1.165, 1.54) is 12.1 Å². The molecule has 0 aliphatic heterocycles. The third-order valence-electron chi connectivity index (χ3n) is 4.86. The summed E-state index contributed by atoms with van der Waals surface area (Å²) in [6, 6.07) is 19.3. The molecule has 0 N–H and O–H groups in total. The normalized spacial score (nSPS) is 11.0. The lowest BCUT2D eigenvalue weighted by molar-refractivity contribution is -0.385. The largest absolute Gasteiger partial charge is 0.486 e. The van der Waals surface area contributed by atoms with E-state index in [0.29, 0.717) is 28.4 Å². The Morgan fingerprint density at radius 2 is 1.91 bits per heavy atom. The molecule has 7 nitrogen and oxygen atoms in total. The molecule has 0 bridgehead atoms. The van der Waals surface area contributed by atoms with E-state index >= 15 is 0 Å². The molecule has 0 unspecified atom stereocenters. The summed E-state index contributed by atoms with van der Waals surface area (Å²) in [7, 11) is 0. The molecule has 4 rings (SSSR count). The van der Waals surface area contributed by atoms with Gasteiger partial charge in [-0.05, 0) is 67.6 Å². The summed E-state index contributed by atoms with van der Waals surface area (Å²) in [6.07, 6.45) is 6.93. The van der Waals surface area contributed by atoms with Crippen LogP contribution in [-0.4, -0.2) is 15.3 Å². The minimum Gasteiger partial charge on any atom is -0.486 e. The topological polar surface area (TPSA) is 87.5 Å². The molecule has 0 fully saturated rings. The van der Waals surface area contributed by atoms with Crippen LogP contribution in [0.1, 0.15) is 27.4 Å². The number of carbonyl (C=O) groups excluding carboxylic acids is 1. The van der Waals surface area contributed by atoms with Crippen molar-refractivity contribution >= 4 is 17.5 Å². The molecular weight excluding hydrogens is 408 g/mol. The predicted octanol–water partition coefficient (Wildman–Crippen LogP) is 5.76. The Morgan fingerprint density at radius 3 is 2.66 bits per heavy atom. The number of hydrogen-bond donors (Lipinski definition) is 0. The number of ether oxygens (including phenoxy) is 1. The molecule has 2 aromatic heterocycles. The van der Waals surface area contributed by atoms with E-state index in [1.54, 1.807) is 43.3 Å². The van der Waals surface area contributed by atoms with Crippen molar-refractivity contribution in [3.8, 4) is 11.4 Å². The van der Waals surface area contributed by atoms with Gasteiger partial charge in [-0.3, -0.25) is 14.9 Å². The lowest BCUT2D eigenvalue weighted by Crippen LogP contribution is -1.97. The van der Waals surface area contributed by atoms with E-state index in [9.17, 15) is 14.9 Å². The van der Waals surface area contributed by atoms with Gasteiger partial charge in [0, 0.05) is 35.3 Å². The second kappa shape index (κ2) is 9.18. The van der Waals surface area contributed by atoms with Crippen LogP contribution >= 0.6 is 0 Å². The predicted molar refractivity (Wildman–Crippen MR) is 120 cm³/mol. The van der Waals surface area contributed by atoms with Crippen LogP contribution in [0.15, 0.2) is 89.6 Å². The maximum atomic E-state index is 12.6. The summed E-state index contributed by atoms with van der Waals surface area (Å²) in [5, 5.41) is 10.9. The number of rotatable bonds is 8. The number of ketones is 1. The van der Waals surface area contributed by atoms with Gasteiger partial charge >= 0.3 is 0 Å². The number of nitro groups is 1. The number of hydrogen-bond acceptors (Lipinski definition) is 5. The fourth-order valence-electron chi connectivity index (χ4n) is 3.22. The first-order chi connectivity index (χ1) is 15.5. The summed E-state index contributed by atoms with van der Waals surface area (Å²) >= 11 is 0. The zero-order valence-electron chi connectivity index (χ0n) is 17.3. The molecule has 160 valence electrons. The van der Waals surface area contributed by atoms with E-state index in [4.69, 9.17) is 9.15 Å². The van der Waals surface area contributed by atoms with Gasteiger partial charge in [-0.25, -0.2) is 0 Å². The zero-order valence-corrected chi connectivity index (χ0v) is 17.3. The molecule has 0 aliphatic carbocycles. The number of furan rings is 1. The Hall–Kier alpha value is -4.39. The Morgan fingerprint density at radius 1 is 1.09 bits per heavy atom. The molecule has 4 aromatic rings. The number of carbonyl (C=O) groups is 1. The second-order valence-electron chi connectivity index (χ2n) is 7.14. The van der Waals surface area contributed by atoms with Crippen molar-refractivity contribution < 1.29 is 18.9 Å². The van der Waals surface area contributed by atoms with Gasteiger partial charge in [0.1, 0.15) is 23.9 Å². The zero-order chi connectivity index (χ0) is 22.5. The fraction of sp³-hybridized carbons (Fsp3) is 0.0800. The van der Waals surface area contributed by atoms with Crippen LogP contribution in [0.4, 0.5) is 5.69 Å². The maximum Gasteiger partial charge on any atom is 0.272 e. The molecular formula is C25H20N2O5.